The second kappa shape index (κ2) is 13.2. The van der Waals surface area contributed by atoms with Crippen molar-refractivity contribution in [1.29, 1.82) is 0 Å². The summed E-state index contributed by atoms with van der Waals surface area (Å²) in [7, 11) is 0. The van der Waals surface area contributed by atoms with Gasteiger partial charge in [-0.1, -0.05) is 170 Å². The normalized spacial score (nSPS) is 15.2. The first-order valence-electron chi connectivity index (χ1n) is 19.0. The number of para-hydroxylation sites is 3. The van der Waals surface area contributed by atoms with E-state index >= 15 is 0 Å². The fourth-order valence-electron chi connectivity index (χ4n) is 8.37. The summed E-state index contributed by atoms with van der Waals surface area (Å²) in [6, 6.07) is 63.2. The smallest absolute Gasteiger partial charge is 0.164 e. The number of rotatable bonds is 6. The van der Waals surface area contributed by atoms with Crippen LogP contribution >= 0.6 is 0 Å². The Kier molecular flexibility index (Phi) is 7.56. The highest BCUT2D eigenvalue weighted by Crippen LogP contribution is 2.55. The summed E-state index contributed by atoms with van der Waals surface area (Å²) in [5.41, 5.74) is 13.2. The summed E-state index contributed by atoms with van der Waals surface area (Å²) >= 11 is 0. The van der Waals surface area contributed by atoms with Crippen molar-refractivity contribution in [1.82, 2.24) is 19.5 Å². The molecule has 56 heavy (non-hydrogen) atoms. The van der Waals surface area contributed by atoms with Gasteiger partial charge in [0.05, 0.1) is 11.2 Å². The van der Waals surface area contributed by atoms with Crippen molar-refractivity contribution in [2.24, 2.45) is 0 Å². The Bertz CT molecular complexity index is 2920. The van der Waals surface area contributed by atoms with Gasteiger partial charge in [0.2, 0.25) is 0 Å². The summed E-state index contributed by atoms with van der Waals surface area (Å²) < 4.78 is 9.42. The summed E-state index contributed by atoms with van der Waals surface area (Å²) in [4.78, 5) is 15.0. The highest BCUT2D eigenvalue weighted by Gasteiger charge is 2.41. The molecule has 5 heteroatoms. The van der Waals surface area contributed by atoms with E-state index in [0.29, 0.717) is 17.5 Å². The van der Waals surface area contributed by atoms with E-state index in [1.165, 1.54) is 33.3 Å². The molecule has 5 nitrogen and oxygen atoms in total. The van der Waals surface area contributed by atoms with Crippen LogP contribution in [0, 0.1) is 0 Å². The van der Waals surface area contributed by atoms with Gasteiger partial charge in [-0.05, 0) is 41.0 Å². The van der Waals surface area contributed by atoms with Crippen molar-refractivity contribution in [2.45, 2.75) is 12.0 Å². The van der Waals surface area contributed by atoms with E-state index in [4.69, 9.17) is 19.7 Å². The largest absolute Gasteiger partial charge is 0.484 e. The van der Waals surface area contributed by atoms with Gasteiger partial charge < -0.3 is 9.30 Å². The Morgan fingerprint density at radius 2 is 0.964 bits per heavy atom. The number of nitrogens with zero attached hydrogens (tertiary/aromatic N) is 4. The van der Waals surface area contributed by atoms with Crippen molar-refractivity contribution < 1.29 is 4.74 Å². The molecule has 0 saturated carbocycles. The number of hydrogen-bond acceptors (Lipinski definition) is 4. The zero-order valence-corrected chi connectivity index (χ0v) is 30.3. The number of fused-ring (bicyclic) bond motifs is 7. The van der Waals surface area contributed by atoms with Crippen LogP contribution in [0.4, 0.5) is 0 Å². The van der Waals surface area contributed by atoms with Crippen LogP contribution in [0.5, 0.6) is 5.75 Å². The van der Waals surface area contributed by atoms with E-state index in [1.807, 2.05) is 36.4 Å². The Balaban J connectivity index is 0.950. The van der Waals surface area contributed by atoms with Gasteiger partial charge in [0.1, 0.15) is 11.9 Å². The van der Waals surface area contributed by atoms with E-state index in [2.05, 4.69) is 162 Å². The highest BCUT2D eigenvalue weighted by atomic mass is 16.5. The van der Waals surface area contributed by atoms with Gasteiger partial charge in [-0.2, -0.15) is 0 Å². The first-order chi connectivity index (χ1) is 27.8. The first-order valence-corrected chi connectivity index (χ1v) is 19.0. The molecule has 2 aromatic heterocycles. The minimum absolute atomic E-state index is 0.119. The molecule has 264 valence electrons. The molecule has 1 aliphatic carbocycles. The monoisotopic (exact) mass is 718 g/mol. The Hall–Kier alpha value is -7.37. The lowest BCUT2D eigenvalue weighted by molar-refractivity contribution is 0.225. The number of benzene rings is 7. The molecule has 0 saturated heterocycles. The van der Waals surface area contributed by atoms with Gasteiger partial charge in [-0.15, -0.1) is 0 Å². The minimum atomic E-state index is -0.123. The molecule has 0 bridgehead atoms. The van der Waals surface area contributed by atoms with E-state index in [-0.39, 0.29) is 12.0 Å². The highest BCUT2D eigenvalue weighted by molar-refractivity contribution is 5.92. The Morgan fingerprint density at radius 3 is 1.62 bits per heavy atom. The molecule has 9 aromatic rings. The van der Waals surface area contributed by atoms with Crippen LogP contribution in [0.1, 0.15) is 28.8 Å². The van der Waals surface area contributed by atoms with Gasteiger partial charge in [-0.25, -0.2) is 15.0 Å². The van der Waals surface area contributed by atoms with Gasteiger partial charge >= 0.3 is 0 Å². The summed E-state index contributed by atoms with van der Waals surface area (Å²) in [5, 5.41) is 1.23. The Labute approximate surface area is 324 Å². The Morgan fingerprint density at radius 1 is 0.446 bits per heavy atom. The van der Waals surface area contributed by atoms with Crippen molar-refractivity contribution in [3.05, 3.63) is 205 Å². The van der Waals surface area contributed by atoms with Crippen LogP contribution in [0.3, 0.4) is 0 Å². The maximum Gasteiger partial charge on any atom is 0.164 e. The van der Waals surface area contributed by atoms with Crippen molar-refractivity contribution >= 4 is 17.0 Å². The lowest BCUT2D eigenvalue weighted by atomic mass is 9.85. The third kappa shape index (κ3) is 5.36. The van der Waals surface area contributed by atoms with Crippen molar-refractivity contribution in [2.75, 3.05) is 0 Å². The van der Waals surface area contributed by atoms with Crippen molar-refractivity contribution in [3.8, 4) is 67.9 Å². The molecule has 0 amide bonds. The minimum Gasteiger partial charge on any atom is -0.484 e. The average molecular weight is 719 g/mol. The lowest BCUT2D eigenvalue weighted by Crippen LogP contribution is -2.13. The maximum atomic E-state index is 7.06. The quantitative estimate of drug-likeness (QED) is 0.172. The molecule has 1 aliphatic heterocycles. The zero-order chi connectivity index (χ0) is 37.0. The van der Waals surface area contributed by atoms with Crippen molar-refractivity contribution in [3.63, 3.8) is 0 Å². The molecule has 2 atom stereocenters. The van der Waals surface area contributed by atoms with Gasteiger partial charge in [0.25, 0.3) is 0 Å². The average Bonchev–Trinajstić information content (AvgIpc) is 3.83. The van der Waals surface area contributed by atoms with Gasteiger partial charge in [0, 0.05) is 50.4 Å². The predicted molar refractivity (Wildman–Crippen MR) is 225 cm³/mol. The predicted octanol–water partition coefficient (Wildman–Crippen LogP) is 12.4. The topological polar surface area (TPSA) is 52.8 Å². The molecule has 2 aliphatic rings. The number of hydrogen-bond donors (Lipinski definition) is 0. The van der Waals surface area contributed by atoms with E-state index in [1.54, 1.807) is 0 Å². The van der Waals surface area contributed by atoms with Crippen LogP contribution in [0.15, 0.2) is 188 Å². The van der Waals surface area contributed by atoms with Crippen LogP contribution in [0.25, 0.3) is 79.1 Å². The second-order valence-electron chi connectivity index (χ2n) is 14.3. The molecule has 0 radical (unpaired) electrons. The van der Waals surface area contributed by atoms with Gasteiger partial charge in [-0.3, -0.25) is 0 Å². The molecular formula is C51H34N4O. The van der Waals surface area contributed by atoms with E-state index in [0.717, 1.165) is 44.8 Å². The summed E-state index contributed by atoms with van der Waals surface area (Å²) in [6.45, 7) is 0. The van der Waals surface area contributed by atoms with Crippen LogP contribution in [-0.2, 0) is 0 Å². The lowest BCUT2D eigenvalue weighted by Gasteiger charge is -2.22. The molecular weight excluding hydrogens is 685 g/mol. The van der Waals surface area contributed by atoms with E-state index < -0.39 is 0 Å². The third-order valence-corrected chi connectivity index (χ3v) is 11.1. The maximum absolute atomic E-state index is 7.06. The molecule has 2 unspecified atom stereocenters. The third-order valence-electron chi connectivity index (χ3n) is 11.1. The molecule has 11 rings (SSSR count). The number of aromatic nitrogens is 4. The molecule has 3 heterocycles. The zero-order valence-electron chi connectivity index (χ0n) is 30.3. The first kappa shape index (κ1) is 32.1. The molecule has 0 N–H and O–H groups in total. The molecule has 0 fully saturated rings. The fraction of sp³-hybridized carbons (Fsp3) is 0.0392. The van der Waals surface area contributed by atoms with Crippen LogP contribution in [0.2, 0.25) is 0 Å². The fourth-order valence-corrected chi connectivity index (χ4v) is 8.37. The van der Waals surface area contributed by atoms with Crippen LogP contribution in [-0.4, -0.2) is 19.5 Å². The SMILES string of the molecule is C1=CC2c3cccc(-c4ccc(-c5nc(-c6ccccc6)nc(-c6ccc(-c7ccccc7)cc6)n5)cc4)c3OC2c2c1n(-c1ccccc1)c1ccccc21. The number of ether oxygens (including phenoxy) is 1. The standard InChI is InChI=1S/C51H34N4O/c1-4-13-33(14-5-1)34-23-27-37(28-24-34)50-52-49(36-15-6-2-7-16-36)53-51(54-50)38-29-25-35(26-30-38)40-20-12-21-41-42-31-32-45-46(48(42)56-47(40)41)43-19-10-11-22-44(43)55(45)39-17-8-3-9-18-39/h1-32,42,48H. The molecule has 7 aromatic carbocycles. The molecule has 0 spiro atoms. The van der Waals surface area contributed by atoms with Gasteiger partial charge in [0.15, 0.2) is 17.5 Å². The summed E-state index contributed by atoms with van der Waals surface area (Å²) in [5.74, 6) is 2.96. The summed E-state index contributed by atoms with van der Waals surface area (Å²) in [6.07, 6.45) is 4.48. The van der Waals surface area contributed by atoms with Crippen LogP contribution < -0.4 is 4.74 Å². The second-order valence-corrected chi connectivity index (χ2v) is 14.3. The van der Waals surface area contributed by atoms with E-state index in [9.17, 15) is 0 Å².